The third kappa shape index (κ3) is 4.63. The Hall–Kier alpha value is -2.92. The molecule has 1 fully saturated rings. The normalized spacial score (nSPS) is 21.9. The molecule has 3 unspecified atom stereocenters. The molecule has 0 spiro atoms. The lowest BCUT2D eigenvalue weighted by molar-refractivity contribution is 0.0410. The summed E-state index contributed by atoms with van der Waals surface area (Å²) in [6, 6.07) is 0.227. The fourth-order valence-electron chi connectivity index (χ4n) is 4.26. The van der Waals surface area contributed by atoms with Crippen molar-refractivity contribution < 1.29 is 9.63 Å². The van der Waals surface area contributed by atoms with Crippen molar-refractivity contribution in [2.24, 2.45) is 5.92 Å². The van der Waals surface area contributed by atoms with Gasteiger partial charge in [0.2, 0.25) is 5.82 Å². The van der Waals surface area contributed by atoms with Crippen LogP contribution in [0, 0.1) is 31.6 Å². The Morgan fingerprint density at radius 2 is 2.19 bits per heavy atom. The van der Waals surface area contributed by atoms with Crippen LogP contribution in [0.15, 0.2) is 10.9 Å². The fraction of sp³-hybridized carbons (Fsp3) is 0.583. The molecule has 1 aliphatic carbocycles. The first-order chi connectivity index (χ1) is 15.3. The second-order valence-electron chi connectivity index (χ2n) is 9.18. The van der Waals surface area contributed by atoms with Gasteiger partial charge in [-0.2, -0.15) is 0 Å². The first kappa shape index (κ1) is 22.3. The van der Waals surface area contributed by atoms with Crippen molar-refractivity contribution in [2.45, 2.75) is 84.9 Å². The molecule has 0 aliphatic heterocycles. The molecule has 3 aromatic rings. The monoisotopic (exact) mass is 436 g/mol. The molecule has 4 rings (SSSR count). The van der Waals surface area contributed by atoms with Crippen LogP contribution >= 0.6 is 0 Å². The van der Waals surface area contributed by atoms with Gasteiger partial charge in [-0.25, -0.2) is 15.0 Å². The van der Waals surface area contributed by atoms with Crippen molar-refractivity contribution in [3.8, 4) is 11.8 Å². The number of imidazole rings is 1. The average Bonchev–Trinajstić information content (AvgIpc) is 3.30. The molecule has 170 valence electrons. The summed E-state index contributed by atoms with van der Waals surface area (Å²) < 4.78 is 7.28. The van der Waals surface area contributed by atoms with E-state index in [-0.39, 0.29) is 6.04 Å². The minimum atomic E-state index is -0.975. The lowest BCUT2D eigenvalue weighted by Crippen LogP contribution is -2.32. The van der Waals surface area contributed by atoms with E-state index in [1.807, 2.05) is 18.4 Å². The molecule has 1 saturated carbocycles. The van der Waals surface area contributed by atoms with Crippen LogP contribution in [0.4, 0.5) is 5.82 Å². The second kappa shape index (κ2) is 8.91. The van der Waals surface area contributed by atoms with Crippen LogP contribution in [0.25, 0.3) is 11.2 Å². The Kier molecular flexibility index (Phi) is 6.20. The smallest absolute Gasteiger partial charge is 0.209 e. The zero-order valence-corrected chi connectivity index (χ0v) is 19.6. The lowest BCUT2D eigenvalue weighted by atomic mass is 9.79. The molecule has 0 radical (unpaired) electrons. The summed E-state index contributed by atoms with van der Waals surface area (Å²) in [7, 11) is 0. The van der Waals surface area contributed by atoms with Gasteiger partial charge in [0.1, 0.15) is 11.4 Å². The molecule has 2 N–H and O–H groups in total. The second-order valence-corrected chi connectivity index (χ2v) is 9.18. The summed E-state index contributed by atoms with van der Waals surface area (Å²) in [5.74, 6) is 8.43. The fourth-order valence-corrected chi connectivity index (χ4v) is 4.26. The van der Waals surface area contributed by atoms with Crippen LogP contribution in [-0.2, 0) is 6.54 Å². The summed E-state index contributed by atoms with van der Waals surface area (Å²) in [5.41, 5.74) is 2.28. The van der Waals surface area contributed by atoms with E-state index in [0.717, 1.165) is 36.3 Å². The number of rotatable bonds is 5. The SMILES string of the molecule is CCC(C)Nc1nc(C#CC2(O)CCCC(C)C2)nc2c1ncn2Cc1c(C)noc1C. The predicted molar refractivity (Wildman–Crippen MR) is 123 cm³/mol. The molecule has 3 heterocycles. The van der Waals surface area contributed by atoms with E-state index < -0.39 is 5.60 Å². The lowest BCUT2D eigenvalue weighted by Gasteiger charge is -2.30. The molecule has 8 heteroatoms. The van der Waals surface area contributed by atoms with E-state index in [1.54, 1.807) is 6.33 Å². The summed E-state index contributed by atoms with van der Waals surface area (Å²) in [6.45, 7) is 10.8. The maximum absolute atomic E-state index is 10.9. The van der Waals surface area contributed by atoms with Crippen molar-refractivity contribution in [1.82, 2.24) is 24.7 Å². The van der Waals surface area contributed by atoms with Crippen LogP contribution in [0.3, 0.4) is 0 Å². The molecule has 0 bridgehead atoms. The molecule has 1 aliphatic rings. The maximum atomic E-state index is 10.9. The highest BCUT2D eigenvalue weighted by Gasteiger charge is 2.30. The summed E-state index contributed by atoms with van der Waals surface area (Å²) >= 11 is 0. The first-order valence-electron chi connectivity index (χ1n) is 11.4. The number of aryl methyl sites for hydroxylation is 2. The number of hydrogen-bond acceptors (Lipinski definition) is 7. The molecule has 3 aromatic heterocycles. The highest BCUT2D eigenvalue weighted by Crippen LogP contribution is 2.31. The minimum absolute atomic E-state index is 0.227. The molecule has 0 aromatic carbocycles. The third-order valence-corrected chi connectivity index (χ3v) is 6.35. The minimum Gasteiger partial charge on any atom is -0.378 e. The van der Waals surface area contributed by atoms with Crippen LogP contribution in [0.1, 0.15) is 75.7 Å². The van der Waals surface area contributed by atoms with Gasteiger partial charge in [0.15, 0.2) is 17.0 Å². The van der Waals surface area contributed by atoms with Crippen LogP contribution in [-0.4, -0.2) is 41.4 Å². The Bertz CT molecular complexity index is 1150. The number of anilines is 1. The quantitative estimate of drug-likeness (QED) is 0.583. The van der Waals surface area contributed by atoms with Gasteiger partial charge in [-0.1, -0.05) is 31.3 Å². The summed E-state index contributed by atoms with van der Waals surface area (Å²) in [4.78, 5) is 14.0. The predicted octanol–water partition coefficient (Wildman–Crippen LogP) is 3.98. The van der Waals surface area contributed by atoms with Gasteiger partial charge >= 0.3 is 0 Å². The van der Waals surface area contributed by atoms with Gasteiger partial charge in [0, 0.05) is 11.6 Å². The largest absolute Gasteiger partial charge is 0.378 e. The van der Waals surface area contributed by atoms with Gasteiger partial charge in [0.05, 0.1) is 18.6 Å². The highest BCUT2D eigenvalue weighted by molar-refractivity contribution is 5.83. The molecule has 0 saturated heterocycles. The topological polar surface area (TPSA) is 102 Å². The summed E-state index contributed by atoms with van der Waals surface area (Å²) in [5, 5.41) is 18.4. The van der Waals surface area contributed by atoms with Crippen molar-refractivity contribution in [3.63, 3.8) is 0 Å². The van der Waals surface area contributed by atoms with Crippen LogP contribution < -0.4 is 5.32 Å². The van der Waals surface area contributed by atoms with E-state index in [9.17, 15) is 5.11 Å². The van der Waals surface area contributed by atoms with E-state index in [4.69, 9.17) is 9.51 Å². The molecule has 8 nitrogen and oxygen atoms in total. The molecule has 32 heavy (non-hydrogen) atoms. The number of aliphatic hydroxyl groups is 1. The Balaban J connectivity index is 1.75. The third-order valence-electron chi connectivity index (χ3n) is 6.35. The van der Waals surface area contributed by atoms with E-state index in [2.05, 4.69) is 53.1 Å². The van der Waals surface area contributed by atoms with Crippen molar-refractivity contribution in [1.29, 1.82) is 0 Å². The number of nitrogens with one attached hydrogen (secondary N) is 1. The number of aromatic nitrogens is 5. The van der Waals surface area contributed by atoms with E-state index in [0.29, 0.717) is 48.1 Å². The first-order valence-corrected chi connectivity index (χ1v) is 11.4. The highest BCUT2D eigenvalue weighted by atomic mass is 16.5. The Labute approximate surface area is 188 Å². The maximum Gasteiger partial charge on any atom is 0.209 e. The van der Waals surface area contributed by atoms with Gasteiger partial charge in [0.25, 0.3) is 0 Å². The summed E-state index contributed by atoms with van der Waals surface area (Å²) in [6.07, 6.45) is 6.21. The number of nitrogens with zero attached hydrogens (tertiary/aromatic N) is 5. The van der Waals surface area contributed by atoms with Crippen LogP contribution in [0.5, 0.6) is 0 Å². The molecular formula is C24H32N6O2. The van der Waals surface area contributed by atoms with Gasteiger partial charge in [-0.3, -0.25) is 0 Å². The Morgan fingerprint density at radius 1 is 1.38 bits per heavy atom. The van der Waals surface area contributed by atoms with Crippen molar-refractivity contribution in [2.75, 3.05) is 5.32 Å². The zero-order chi connectivity index (χ0) is 22.9. The average molecular weight is 437 g/mol. The molecule has 3 atom stereocenters. The molecule has 0 amide bonds. The van der Waals surface area contributed by atoms with Crippen molar-refractivity contribution >= 4 is 17.0 Å². The zero-order valence-electron chi connectivity index (χ0n) is 19.6. The van der Waals surface area contributed by atoms with Crippen LogP contribution in [0.2, 0.25) is 0 Å². The number of fused-ring (bicyclic) bond motifs is 1. The number of hydrogen-bond donors (Lipinski definition) is 2. The van der Waals surface area contributed by atoms with Gasteiger partial charge in [-0.05, 0) is 58.3 Å². The van der Waals surface area contributed by atoms with Gasteiger partial charge < -0.3 is 19.5 Å². The van der Waals surface area contributed by atoms with E-state index in [1.165, 1.54) is 0 Å². The molecular weight excluding hydrogens is 404 g/mol. The van der Waals surface area contributed by atoms with Crippen molar-refractivity contribution in [3.05, 3.63) is 29.2 Å². The Morgan fingerprint density at radius 3 is 2.88 bits per heavy atom. The van der Waals surface area contributed by atoms with E-state index >= 15 is 0 Å². The van der Waals surface area contributed by atoms with Gasteiger partial charge in [-0.15, -0.1) is 0 Å². The standard InChI is InChI=1S/C24H32N6O2/c1-6-16(3)26-22-21-23(30(14-25-21)13-19-17(4)29-32-18(19)5)28-20(27-22)9-11-24(31)10-7-8-15(2)12-24/h14-16,31H,6-8,10,12-13H2,1-5H3,(H,26,27,28).